The highest BCUT2D eigenvalue weighted by Crippen LogP contribution is 2.15. The summed E-state index contributed by atoms with van der Waals surface area (Å²) in [4.78, 5) is 11.1. The van der Waals surface area contributed by atoms with Gasteiger partial charge in [-0.3, -0.25) is 0 Å². The fraction of sp³-hybridized carbons (Fsp3) is 0.583. The van der Waals surface area contributed by atoms with Gasteiger partial charge < -0.3 is 19.3 Å². The summed E-state index contributed by atoms with van der Waals surface area (Å²) in [6.45, 7) is 4.41. The lowest BCUT2D eigenvalue weighted by Gasteiger charge is -2.27. The van der Waals surface area contributed by atoms with E-state index in [1.54, 1.807) is 19.1 Å². The van der Waals surface area contributed by atoms with E-state index in [4.69, 9.17) is 14.2 Å². The zero-order valence-corrected chi connectivity index (χ0v) is 10.0. The van der Waals surface area contributed by atoms with E-state index in [1.807, 2.05) is 6.92 Å². The van der Waals surface area contributed by atoms with Crippen LogP contribution in [0.15, 0.2) is 24.3 Å². The Labute approximate surface area is 101 Å². The van der Waals surface area contributed by atoms with Crippen molar-refractivity contribution in [2.45, 2.75) is 32.3 Å². The molecule has 1 aliphatic rings. The Kier molecular flexibility index (Phi) is 5.90. The molecule has 3 atom stereocenters. The second kappa shape index (κ2) is 7.21. The van der Waals surface area contributed by atoms with Crippen LogP contribution in [0, 0.1) is 0 Å². The van der Waals surface area contributed by atoms with E-state index in [2.05, 4.69) is 0 Å². The van der Waals surface area contributed by atoms with Crippen LogP contribution in [0.25, 0.3) is 0 Å². The van der Waals surface area contributed by atoms with Crippen molar-refractivity contribution < 1.29 is 24.1 Å². The van der Waals surface area contributed by atoms with Crippen LogP contribution in [-0.4, -0.2) is 42.8 Å². The van der Waals surface area contributed by atoms with Gasteiger partial charge in [0.15, 0.2) is 6.29 Å². The SMILES string of the molecule is CCOC(=O)/C=C/[C@H]1O[C@H](OCC)C=C[C@@H]1O. The Morgan fingerprint density at radius 1 is 1.41 bits per heavy atom. The molecule has 0 amide bonds. The highest BCUT2D eigenvalue weighted by atomic mass is 16.7. The summed E-state index contributed by atoms with van der Waals surface area (Å²) in [5.41, 5.74) is 0. The number of hydrogen-bond donors (Lipinski definition) is 1. The van der Waals surface area contributed by atoms with Gasteiger partial charge in [0.1, 0.15) is 12.2 Å². The third kappa shape index (κ3) is 4.68. The molecule has 1 rings (SSSR count). The van der Waals surface area contributed by atoms with E-state index in [-0.39, 0.29) is 0 Å². The van der Waals surface area contributed by atoms with Gasteiger partial charge in [-0.05, 0) is 26.0 Å². The first-order valence-corrected chi connectivity index (χ1v) is 5.65. The Morgan fingerprint density at radius 2 is 2.18 bits per heavy atom. The first-order valence-electron chi connectivity index (χ1n) is 5.65. The summed E-state index contributed by atoms with van der Waals surface area (Å²) in [6.07, 6.45) is 4.09. The lowest BCUT2D eigenvalue weighted by Crippen LogP contribution is -2.35. The maximum absolute atomic E-state index is 11.1. The number of aliphatic hydroxyl groups excluding tert-OH is 1. The van der Waals surface area contributed by atoms with Crippen molar-refractivity contribution in [3.8, 4) is 0 Å². The maximum Gasteiger partial charge on any atom is 0.330 e. The highest BCUT2D eigenvalue weighted by Gasteiger charge is 2.23. The largest absolute Gasteiger partial charge is 0.463 e. The van der Waals surface area contributed by atoms with Crippen molar-refractivity contribution in [1.82, 2.24) is 0 Å². The first-order chi connectivity index (χ1) is 8.17. The number of hydrogen-bond acceptors (Lipinski definition) is 5. The zero-order valence-electron chi connectivity index (χ0n) is 10.0. The molecule has 1 aliphatic heterocycles. The third-order valence-corrected chi connectivity index (χ3v) is 2.13. The van der Waals surface area contributed by atoms with Crippen LogP contribution in [0.5, 0.6) is 0 Å². The molecule has 1 heterocycles. The second-order valence-corrected chi connectivity index (χ2v) is 3.41. The lowest BCUT2D eigenvalue weighted by atomic mass is 10.1. The molecule has 5 nitrogen and oxygen atoms in total. The zero-order chi connectivity index (χ0) is 12.7. The molecule has 0 saturated heterocycles. The summed E-state index contributed by atoms with van der Waals surface area (Å²) >= 11 is 0. The number of esters is 1. The van der Waals surface area contributed by atoms with E-state index in [9.17, 15) is 9.90 Å². The minimum absolute atomic E-state index is 0.318. The van der Waals surface area contributed by atoms with Crippen molar-refractivity contribution >= 4 is 5.97 Å². The van der Waals surface area contributed by atoms with Crippen LogP contribution in [0.3, 0.4) is 0 Å². The predicted octanol–water partition coefficient (Wildman–Crippen LogP) is 0.784. The molecule has 96 valence electrons. The highest BCUT2D eigenvalue weighted by molar-refractivity contribution is 5.81. The molecule has 0 radical (unpaired) electrons. The molecule has 0 fully saturated rings. The quantitative estimate of drug-likeness (QED) is 0.438. The predicted molar refractivity (Wildman–Crippen MR) is 61.2 cm³/mol. The first kappa shape index (κ1) is 13.9. The molecule has 0 aromatic heterocycles. The molecular formula is C12H18O5. The number of carbonyl (C=O) groups excluding carboxylic acids is 1. The minimum Gasteiger partial charge on any atom is -0.463 e. The van der Waals surface area contributed by atoms with Crippen molar-refractivity contribution in [1.29, 1.82) is 0 Å². The number of rotatable bonds is 5. The van der Waals surface area contributed by atoms with E-state index in [1.165, 1.54) is 12.2 Å². The fourth-order valence-corrected chi connectivity index (χ4v) is 1.38. The third-order valence-electron chi connectivity index (χ3n) is 2.13. The molecule has 0 aromatic carbocycles. The van der Waals surface area contributed by atoms with Gasteiger partial charge in [0.25, 0.3) is 0 Å². The molecule has 0 bridgehead atoms. The van der Waals surface area contributed by atoms with E-state index in [0.29, 0.717) is 13.2 Å². The van der Waals surface area contributed by atoms with Crippen LogP contribution in [0.2, 0.25) is 0 Å². The fourth-order valence-electron chi connectivity index (χ4n) is 1.38. The Bertz CT molecular complexity index is 297. The van der Waals surface area contributed by atoms with Gasteiger partial charge in [0.2, 0.25) is 0 Å². The monoisotopic (exact) mass is 242 g/mol. The molecule has 5 heteroatoms. The summed E-state index contributed by atoms with van der Waals surface area (Å²) in [7, 11) is 0. The minimum atomic E-state index is -0.780. The summed E-state index contributed by atoms with van der Waals surface area (Å²) in [6, 6.07) is 0. The number of aliphatic hydroxyl groups is 1. The van der Waals surface area contributed by atoms with Gasteiger partial charge in [-0.2, -0.15) is 0 Å². The van der Waals surface area contributed by atoms with Crippen LogP contribution < -0.4 is 0 Å². The standard InChI is InChI=1S/C12H18O5/c1-3-15-11(14)7-6-10-9(13)5-8-12(17-10)16-4-2/h5-10,12-13H,3-4H2,1-2H3/b7-6+/t9-,10+,12-/m0/s1. The average Bonchev–Trinajstić information content (AvgIpc) is 2.30. The molecule has 1 N–H and O–H groups in total. The Morgan fingerprint density at radius 3 is 2.82 bits per heavy atom. The molecule has 17 heavy (non-hydrogen) atoms. The molecular weight excluding hydrogens is 224 g/mol. The van der Waals surface area contributed by atoms with E-state index >= 15 is 0 Å². The topological polar surface area (TPSA) is 65.0 Å². The van der Waals surface area contributed by atoms with Crippen LogP contribution in [-0.2, 0) is 19.0 Å². The maximum atomic E-state index is 11.1. The molecule has 0 aromatic rings. The summed E-state index contributed by atoms with van der Waals surface area (Å²) < 4.78 is 15.4. The van der Waals surface area contributed by atoms with Gasteiger partial charge in [-0.25, -0.2) is 4.79 Å². The number of ether oxygens (including phenoxy) is 3. The second-order valence-electron chi connectivity index (χ2n) is 3.41. The molecule has 0 unspecified atom stereocenters. The average molecular weight is 242 g/mol. The lowest BCUT2D eigenvalue weighted by molar-refractivity contribution is -0.154. The molecule has 0 aliphatic carbocycles. The normalized spacial score (nSPS) is 28.5. The summed E-state index contributed by atoms with van der Waals surface area (Å²) in [5, 5.41) is 9.63. The van der Waals surface area contributed by atoms with Crippen LogP contribution in [0.4, 0.5) is 0 Å². The van der Waals surface area contributed by atoms with Crippen molar-refractivity contribution in [2.75, 3.05) is 13.2 Å². The van der Waals surface area contributed by atoms with Gasteiger partial charge in [-0.1, -0.05) is 6.08 Å². The van der Waals surface area contributed by atoms with Crippen molar-refractivity contribution in [3.05, 3.63) is 24.3 Å². The van der Waals surface area contributed by atoms with Crippen molar-refractivity contribution in [2.24, 2.45) is 0 Å². The van der Waals surface area contributed by atoms with Gasteiger partial charge in [-0.15, -0.1) is 0 Å². The van der Waals surface area contributed by atoms with Crippen LogP contribution >= 0.6 is 0 Å². The van der Waals surface area contributed by atoms with Gasteiger partial charge >= 0.3 is 5.97 Å². The Balaban J connectivity index is 2.52. The van der Waals surface area contributed by atoms with Crippen LogP contribution in [0.1, 0.15) is 13.8 Å². The molecule has 0 spiro atoms. The smallest absolute Gasteiger partial charge is 0.330 e. The van der Waals surface area contributed by atoms with E-state index in [0.717, 1.165) is 0 Å². The van der Waals surface area contributed by atoms with E-state index < -0.39 is 24.5 Å². The molecule has 0 saturated carbocycles. The van der Waals surface area contributed by atoms with Gasteiger partial charge in [0.05, 0.1) is 6.61 Å². The summed E-state index contributed by atoms with van der Waals surface area (Å²) in [5.74, 6) is -0.453. The van der Waals surface area contributed by atoms with Gasteiger partial charge in [0, 0.05) is 12.7 Å². The Hall–Kier alpha value is -1.17. The number of carbonyl (C=O) groups is 1. The van der Waals surface area contributed by atoms with Crippen molar-refractivity contribution in [3.63, 3.8) is 0 Å².